The molecule has 0 spiro atoms. The van der Waals surface area contributed by atoms with Gasteiger partial charge >= 0.3 is 6.03 Å². The number of anilines is 2. The minimum Gasteiger partial charge on any atom is -0.336 e. The van der Waals surface area contributed by atoms with Crippen LogP contribution in [0.2, 0.25) is 0 Å². The van der Waals surface area contributed by atoms with Gasteiger partial charge in [-0.05, 0) is 61.6 Å². The molecule has 2 aromatic carbocycles. The fraction of sp³-hybridized carbons (Fsp3) is 0.261. The summed E-state index contributed by atoms with van der Waals surface area (Å²) in [6, 6.07) is 13.5. The molecule has 0 unspecified atom stereocenters. The highest BCUT2D eigenvalue weighted by molar-refractivity contribution is 7.16. The van der Waals surface area contributed by atoms with Gasteiger partial charge in [-0.15, -0.1) is 11.3 Å². The maximum absolute atomic E-state index is 12.8. The maximum Gasteiger partial charge on any atom is 0.321 e. The third-order valence-electron chi connectivity index (χ3n) is 5.67. The van der Waals surface area contributed by atoms with E-state index in [-0.39, 0.29) is 11.9 Å². The molecule has 6 nitrogen and oxygen atoms in total. The van der Waals surface area contributed by atoms with E-state index in [0.29, 0.717) is 29.5 Å². The van der Waals surface area contributed by atoms with Gasteiger partial charge in [0.1, 0.15) is 0 Å². The largest absolute Gasteiger partial charge is 0.336 e. The van der Waals surface area contributed by atoms with Crippen molar-refractivity contribution in [3.05, 3.63) is 64.0 Å². The first-order valence-electron chi connectivity index (χ1n) is 10.1. The topological polar surface area (TPSA) is 74.3 Å². The monoisotopic (exact) mass is 418 g/mol. The Morgan fingerprint density at radius 2 is 2.03 bits per heavy atom. The third-order valence-corrected chi connectivity index (χ3v) is 6.55. The summed E-state index contributed by atoms with van der Waals surface area (Å²) in [5.41, 5.74) is 6.09. The summed E-state index contributed by atoms with van der Waals surface area (Å²) in [6.07, 6.45) is 3.50. The summed E-state index contributed by atoms with van der Waals surface area (Å²) in [5, 5.41) is 6.28. The Labute approximate surface area is 178 Å². The van der Waals surface area contributed by atoms with E-state index in [4.69, 9.17) is 4.98 Å². The van der Waals surface area contributed by atoms with Crippen LogP contribution in [0.5, 0.6) is 0 Å². The molecule has 3 aromatic rings. The van der Waals surface area contributed by atoms with Crippen molar-refractivity contribution in [2.75, 3.05) is 23.3 Å². The minimum atomic E-state index is -0.231. The van der Waals surface area contributed by atoms with Crippen LogP contribution in [0.25, 0.3) is 11.3 Å². The first-order valence-corrected chi connectivity index (χ1v) is 11.0. The second-order valence-electron chi connectivity index (χ2n) is 7.65. The van der Waals surface area contributed by atoms with Crippen molar-refractivity contribution in [3.63, 3.8) is 0 Å². The van der Waals surface area contributed by atoms with Crippen LogP contribution >= 0.6 is 11.3 Å². The Balaban J connectivity index is 1.36. The summed E-state index contributed by atoms with van der Waals surface area (Å²) >= 11 is 1.48. The molecule has 2 N–H and O–H groups in total. The molecule has 3 amide bonds. The van der Waals surface area contributed by atoms with Crippen LogP contribution in [0.3, 0.4) is 0 Å². The lowest BCUT2D eigenvalue weighted by molar-refractivity contribution is 0.102. The van der Waals surface area contributed by atoms with Crippen molar-refractivity contribution in [2.45, 2.75) is 26.2 Å². The van der Waals surface area contributed by atoms with E-state index in [0.717, 1.165) is 29.0 Å². The van der Waals surface area contributed by atoms with Gasteiger partial charge in [-0.3, -0.25) is 15.0 Å². The Morgan fingerprint density at radius 1 is 1.17 bits per heavy atom. The highest BCUT2D eigenvalue weighted by Crippen LogP contribution is 2.33. The van der Waals surface area contributed by atoms with Crippen LogP contribution < -0.4 is 15.5 Å². The standard InChI is InChI=1S/C23H22N4O2S/c1-14-20(17-9-8-15-4-2-5-16(15)12-17)25-22(30-14)26-21(28)18-6-3-7-19(13-18)27-11-10-24-23(27)29/h3,6-9,12-13H,2,4-5,10-11H2,1H3,(H,24,29)(H,25,26,28). The number of urea groups is 1. The van der Waals surface area contributed by atoms with Crippen molar-refractivity contribution in [1.82, 2.24) is 10.3 Å². The van der Waals surface area contributed by atoms with Crippen molar-refractivity contribution in [2.24, 2.45) is 0 Å². The zero-order valence-electron chi connectivity index (χ0n) is 16.7. The molecule has 0 saturated carbocycles. The molecule has 0 bridgehead atoms. The number of thiazole rings is 1. The number of rotatable bonds is 4. The number of aryl methyl sites for hydroxylation is 3. The lowest BCUT2D eigenvalue weighted by atomic mass is 10.0. The summed E-state index contributed by atoms with van der Waals surface area (Å²) in [4.78, 5) is 32.1. The third kappa shape index (κ3) is 3.45. The first-order chi connectivity index (χ1) is 14.6. The molecule has 1 aliphatic heterocycles. The number of carbonyl (C=O) groups is 2. The number of nitrogens with zero attached hydrogens (tertiary/aromatic N) is 2. The van der Waals surface area contributed by atoms with E-state index < -0.39 is 0 Å². The van der Waals surface area contributed by atoms with Gasteiger partial charge in [-0.1, -0.05) is 18.2 Å². The fourth-order valence-electron chi connectivity index (χ4n) is 4.14. The van der Waals surface area contributed by atoms with E-state index in [1.807, 2.05) is 13.0 Å². The predicted molar refractivity (Wildman–Crippen MR) is 119 cm³/mol. The normalized spacial score (nSPS) is 15.2. The second-order valence-corrected chi connectivity index (χ2v) is 8.85. The van der Waals surface area contributed by atoms with Gasteiger partial charge in [0.25, 0.3) is 5.91 Å². The highest BCUT2D eigenvalue weighted by Gasteiger charge is 2.22. The van der Waals surface area contributed by atoms with Crippen LogP contribution in [-0.4, -0.2) is 30.0 Å². The van der Waals surface area contributed by atoms with Crippen molar-refractivity contribution in [3.8, 4) is 11.3 Å². The van der Waals surface area contributed by atoms with Gasteiger partial charge in [0.05, 0.1) is 5.69 Å². The molecule has 7 heteroatoms. The van der Waals surface area contributed by atoms with Crippen LogP contribution in [0, 0.1) is 6.92 Å². The summed E-state index contributed by atoms with van der Waals surface area (Å²) in [6.45, 7) is 3.24. The average molecular weight is 419 g/mol. The Bertz CT molecular complexity index is 1150. The summed E-state index contributed by atoms with van der Waals surface area (Å²) in [7, 11) is 0. The number of amides is 3. The molecule has 152 valence electrons. The highest BCUT2D eigenvalue weighted by atomic mass is 32.1. The number of carbonyl (C=O) groups excluding carboxylic acids is 2. The first kappa shape index (κ1) is 18.8. The number of hydrogen-bond acceptors (Lipinski definition) is 4. The zero-order chi connectivity index (χ0) is 20.7. The molecule has 1 aliphatic carbocycles. The van der Waals surface area contributed by atoms with E-state index in [9.17, 15) is 9.59 Å². The van der Waals surface area contributed by atoms with Gasteiger partial charge < -0.3 is 5.32 Å². The number of hydrogen-bond donors (Lipinski definition) is 2. The maximum atomic E-state index is 12.8. The van der Waals surface area contributed by atoms with Crippen LogP contribution in [0.15, 0.2) is 42.5 Å². The van der Waals surface area contributed by atoms with Gasteiger partial charge in [0.2, 0.25) is 0 Å². The molecule has 5 rings (SSSR count). The predicted octanol–water partition coefficient (Wildman–Crippen LogP) is 4.39. The van der Waals surface area contributed by atoms with E-state index in [1.165, 1.54) is 28.9 Å². The Morgan fingerprint density at radius 3 is 2.87 bits per heavy atom. The molecular formula is C23H22N4O2S. The smallest absolute Gasteiger partial charge is 0.321 e. The number of aromatic nitrogens is 1. The number of nitrogens with one attached hydrogen (secondary N) is 2. The van der Waals surface area contributed by atoms with Gasteiger partial charge in [-0.25, -0.2) is 9.78 Å². The van der Waals surface area contributed by atoms with Crippen molar-refractivity contribution in [1.29, 1.82) is 0 Å². The van der Waals surface area contributed by atoms with E-state index >= 15 is 0 Å². The zero-order valence-corrected chi connectivity index (χ0v) is 17.5. The number of benzene rings is 2. The molecular weight excluding hydrogens is 396 g/mol. The number of fused-ring (bicyclic) bond motifs is 1. The molecule has 1 saturated heterocycles. The van der Waals surface area contributed by atoms with Crippen LogP contribution in [0.4, 0.5) is 15.6 Å². The van der Waals surface area contributed by atoms with Gasteiger partial charge in [0.15, 0.2) is 5.13 Å². The van der Waals surface area contributed by atoms with Crippen molar-refractivity contribution < 1.29 is 9.59 Å². The molecule has 30 heavy (non-hydrogen) atoms. The SMILES string of the molecule is Cc1sc(NC(=O)c2cccc(N3CCNC3=O)c2)nc1-c1ccc2c(c1)CCC2. The quantitative estimate of drug-likeness (QED) is 0.660. The van der Waals surface area contributed by atoms with Crippen LogP contribution in [-0.2, 0) is 12.8 Å². The van der Waals surface area contributed by atoms with Gasteiger partial charge in [-0.2, -0.15) is 0 Å². The van der Waals surface area contributed by atoms with Crippen molar-refractivity contribution >= 4 is 34.1 Å². The van der Waals surface area contributed by atoms with E-state index in [1.54, 1.807) is 23.1 Å². The molecule has 0 radical (unpaired) electrons. The lowest BCUT2D eigenvalue weighted by Gasteiger charge is -2.14. The van der Waals surface area contributed by atoms with E-state index in [2.05, 4.69) is 28.8 Å². The minimum absolute atomic E-state index is 0.137. The average Bonchev–Trinajstić information content (AvgIpc) is 3.47. The molecule has 2 heterocycles. The summed E-state index contributed by atoms with van der Waals surface area (Å²) < 4.78 is 0. The lowest BCUT2D eigenvalue weighted by Crippen LogP contribution is -2.27. The second kappa shape index (κ2) is 7.57. The molecule has 2 aliphatic rings. The Hall–Kier alpha value is -3.19. The van der Waals surface area contributed by atoms with Gasteiger partial charge in [0, 0.05) is 34.8 Å². The van der Waals surface area contributed by atoms with Crippen LogP contribution in [0.1, 0.15) is 32.8 Å². The molecule has 1 fully saturated rings. The fourth-order valence-corrected chi connectivity index (χ4v) is 4.97. The summed E-state index contributed by atoms with van der Waals surface area (Å²) in [5.74, 6) is -0.231. The molecule has 0 atom stereocenters. The Kier molecular flexibility index (Phi) is 4.75. The molecule has 1 aromatic heterocycles.